The molecular weight excluding hydrogens is 466 g/mol. The largest absolute Gasteiger partial charge is 0.382 e. The van der Waals surface area contributed by atoms with Crippen molar-refractivity contribution in [3.05, 3.63) is 42.5 Å². The molecule has 2 aliphatic carbocycles. The zero-order valence-corrected chi connectivity index (χ0v) is 20.7. The second-order valence-corrected chi connectivity index (χ2v) is 10.5. The zero-order valence-electron chi connectivity index (χ0n) is 19.9. The van der Waals surface area contributed by atoms with E-state index in [1.54, 1.807) is 49.5 Å². The second-order valence-electron chi connectivity index (χ2n) is 8.96. The van der Waals surface area contributed by atoms with Gasteiger partial charge in [-0.2, -0.15) is 8.42 Å². The lowest BCUT2D eigenvalue weighted by Crippen LogP contribution is -2.33. The average molecular weight is 500 g/mol. The van der Waals surface area contributed by atoms with Gasteiger partial charge < -0.3 is 25.5 Å². The monoisotopic (exact) mass is 499 g/mol. The summed E-state index contributed by atoms with van der Waals surface area (Å²) in [5, 5.41) is 12.5. The van der Waals surface area contributed by atoms with Crippen molar-refractivity contribution in [2.75, 3.05) is 29.5 Å². The van der Waals surface area contributed by atoms with Crippen LogP contribution >= 0.6 is 0 Å². The first kappa shape index (κ1) is 24.8. The van der Waals surface area contributed by atoms with E-state index in [0.29, 0.717) is 18.6 Å². The molecule has 0 aromatic heterocycles. The molecule has 10 heteroatoms. The number of rotatable bonds is 7. The van der Waals surface area contributed by atoms with Crippen molar-refractivity contribution in [2.45, 2.75) is 61.9 Å². The quantitative estimate of drug-likeness (QED) is 0.336. The van der Waals surface area contributed by atoms with E-state index in [0.717, 1.165) is 42.1 Å². The van der Waals surface area contributed by atoms with Gasteiger partial charge in [0.2, 0.25) is 6.41 Å². The molecule has 0 unspecified atom stereocenters. The Kier molecular flexibility index (Phi) is 8.12. The van der Waals surface area contributed by atoms with Crippen LogP contribution in [0.5, 0.6) is 5.75 Å². The van der Waals surface area contributed by atoms with Gasteiger partial charge in [0.15, 0.2) is 0 Å². The summed E-state index contributed by atoms with van der Waals surface area (Å²) >= 11 is 0. The minimum atomic E-state index is -3.91. The van der Waals surface area contributed by atoms with Crippen LogP contribution in [0.25, 0.3) is 0 Å². The molecule has 1 amide bonds. The van der Waals surface area contributed by atoms with E-state index in [2.05, 4.69) is 26.3 Å². The van der Waals surface area contributed by atoms with Crippen molar-refractivity contribution in [2.24, 2.45) is 4.99 Å². The molecule has 0 atom stereocenters. The first-order valence-electron chi connectivity index (χ1n) is 12.1. The highest BCUT2D eigenvalue weighted by molar-refractivity contribution is 7.87. The number of aliphatic imine (C=N–C) groups is 1. The van der Waals surface area contributed by atoms with Gasteiger partial charge in [-0.05, 0) is 68.5 Å². The summed E-state index contributed by atoms with van der Waals surface area (Å²) in [5.41, 5.74) is 2.54. The third-order valence-electron chi connectivity index (χ3n) is 6.47. The molecule has 2 fully saturated rings. The summed E-state index contributed by atoms with van der Waals surface area (Å²) in [6.45, 7) is 0.600. The lowest BCUT2D eigenvalue weighted by molar-refractivity contribution is -0.110. The van der Waals surface area contributed by atoms with Crippen molar-refractivity contribution in [3.8, 4) is 5.75 Å². The summed E-state index contributed by atoms with van der Waals surface area (Å²) in [6.07, 6.45) is 9.24. The van der Waals surface area contributed by atoms with E-state index >= 15 is 0 Å². The Morgan fingerprint density at radius 3 is 2.29 bits per heavy atom. The van der Waals surface area contributed by atoms with Gasteiger partial charge in [-0.3, -0.25) is 9.79 Å². The van der Waals surface area contributed by atoms with Crippen molar-refractivity contribution in [1.29, 1.82) is 0 Å². The first-order chi connectivity index (χ1) is 17.0. The lowest BCUT2D eigenvalue weighted by Gasteiger charge is -2.23. The normalized spacial score (nSPS) is 18.7. The summed E-state index contributed by atoms with van der Waals surface area (Å²) in [6, 6.07) is 12.8. The summed E-state index contributed by atoms with van der Waals surface area (Å²) in [7, 11) is -2.21. The van der Waals surface area contributed by atoms with Crippen LogP contribution < -0.4 is 25.5 Å². The van der Waals surface area contributed by atoms with Crippen molar-refractivity contribution < 1.29 is 17.4 Å². The second kappa shape index (κ2) is 11.4. The fourth-order valence-electron chi connectivity index (χ4n) is 4.22. The van der Waals surface area contributed by atoms with Gasteiger partial charge in [0.1, 0.15) is 16.5 Å². The molecule has 0 bridgehead atoms. The van der Waals surface area contributed by atoms with Gasteiger partial charge in [0.05, 0.1) is 17.9 Å². The van der Waals surface area contributed by atoms with E-state index in [-0.39, 0.29) is 10.6 Å². The maximum atomic E-state index is 12.6. The first-order valence-corrected chi connectivity index (χ1v) is 13.5. The molecule has 5 rings (SSSR count). The van der Waals surface area contributed by atoms with Crippen LogP contribution in [0.3, 0.4) is 0 Å². The van der Waals surface area contributed by atoms with Gasteiger partial charge in [-0.25, -0.2) is 0 Å². The smallest absolute Gasteiger partial charge is 0.339 e. The maximum Gasteiger partial charge on any atom is 0.339 e. The number of carbonyl (C=O) groups excluding carboxylic acids is 1. The molecule has 0 saturated heterocycles. The van der Waals surface area contributed by atoms with Crippen LogP contribution in [-0.2, 0) is 14.9 Å². The van der Waals surface area contributed by atoms with E-state index in [1.807, 2.05) is 0 Å². The van der Waals surface area contributed by atoms with Crippen LogP contribution in [0.15, 0.2) is 52.4 Å². The lowest BCUT2D eigenvalue weighted by atomic mass is 9.94. The van der Waals surface area contributed by atoms with E-state index in [1.165, 1.54) is 32.1 Å². The highest BCUT2D eigenvalue weighted by Gasteiger charge is 2.20. The molecule has 2 aromatic rings. The van der Waals surface area contributed by atoms with Crippen LogP contribution in [0.2, 0.25) is 0 Å². The minimum Gasteiger partial charge on any atom is -0.382 e. The Labute approximate surface area is 206 Å². The molecule has 2 aromatic carbocycles. The van der Waals surface area contributed by atoms with Gasteiger partial charge >= 0.3 is 10.1 Å². The number of amides is 1. The maximum absolute atomic E-state index is 12.6. The number of fused-ring (bicyclic) bond motifs is 1. The average Bonchev–Trinajstić information content (AvgIpc) is 3.34. The SMILES string of the molecule is CN=C1CNc2ccc(OS(=O)(=O)c3ccc(NC4CCCC4)cc3)cc2N1.O=CNC1CCC1. The molecular formula is C25H33N5O4S. The predicted octanol–water partition coefficient (Wildman–Crippen LogP) is 3.96. The molecule has 3 aliphatic rings. The Morgan fingerprint density at radius 2 is 1.69 bits per heavy atom. The number of hydrogen-bond acceptors (Lipinski definition) is 7. The van der Waals surface area contributed by atoms with Crippen molar-refractivity contribution in [1.82, 2.24) is 5.32 Å². The van der Waals surface area contributed by atoms with E-state index in [9.17, 15) is 13.2 Å². The Hall–Kier alpha value is -3.27. The predicted molar refractivity (Wildman–Crippen MR) is 139 cm³/mol. The molecule has 0 spiro atoms. The number of benzene rings is 2. The number of anilines is 3. The Balaban J connectivity index is 0.000000356. The van der Waals surface area contributed by atoms with Crippen LogP contribution in [0.4, 0.5) is 17.1 Å². The third kappa shape index (κ3) is 6.66. The fraction of sp³-hybridized carbons (Fsp3) is 0.440. The van der Waals surface area contributed by atoms with Crippen LogP contribution in [0, 0.1) is 0 Å². The number of carbonyl (C=O) groups is 1. The van der Waals surface area contributed by atoms with Crippen LogP contribution in [-0.4, -0.2) is 46.3 Å². The number of nitrogens with zero attached hydrogens (tertiary/aromatic N) is 1. The number of amidine groups is 1. The molecule has 188 valence electrons. The molecule has 4 N–H and O–H groups in total. The molecule has 1 heterocycles. The van der Waals surface area contributed by atoms with Gasteiger partial charge in [0.25, 0.3) is 0 Å². The highest BCUT2D eigenvalue weighted by atomic mass is 32.2. The molecule has 35 heavy (non-hydrogen) atoms. The fourth-order valence-corrected chi connectivity index (χ4v) is 5.14. The number of hydrogen-bond donors (Lipinski definition) is 4. The van der Waals surface area contributed by atoms with Gasteiger partial charge in [-0.15, -0.1) is 0 Å². The summed E-state index contributed by atoms with van der Waals surface area (Å²) in [5.74, 6) is 1.02. The topological polar surface area (TPSA) is 121 Å². The Bertz CT molecular complexity index is 1140. The van der Waals surface area contributed by atoms with E-state index in [4.69, 9.17) is 4.18 Å². The highest BCUT2D eigenvalue weighted by Crippen LogP contribution is 2.31. The zero-order chi connectivity index (χ0) is 24.7. The summed E-state index contributed by atoms with van der Waals surface area (Å²) < 4.78 is 30.6. The summed E-state index contributed by atoms with van der Waals surface area (Å²) in [4.78, 5) is 13.9. The van der Waals surface area contributed by atoms with E-state index < -0.39 is 10.1 Å². The van der Waals surface area contributed by atoms with Crippen molar-refractivity contribution in [3.63, 3.8) is 0 Å². The Morgan fingerprint density at radius 1 is 0.971 bits per heavy atom. The molecule has 0 radical (unpaired) electrons. The molecule has 1 aliphatic heterocycles. The molecule has 2 saturated carbocycles. The van der Waals surface area contributed by atoms with Gasteiger partial charge in [0, 0.05) is 30.9 Å². The minimum absolute atomic E-state index is 0.129. The van der Waals surface area contributed by atoms with Crippen molar-refractivity contribution >= 4 is 39.4 Å². The standard InChI is InChI=1S/C20H24N4O3S.C5H9NO/c1-21-20-13-22-18-11-8-16(12-19(18)24-20)27-28(25,26)17-9-6-15(7-10-17)23-14-4-2-3-5-14;7-4-6-5-2-1-3-5/h6-12,14,22-23H,2-5,13H2,1H3,(H,21,24);4-5H,1-3H2,(H,6,7). The molecule has 9 nitrogen and oxygen atoms in total. The third-order valence-corrected chi connectivity index (χ3v) is 7.73. The van der Waals surface area contributed by atoms with Crippen LogP contribution in [0.1, 0.15) is 44.9 Å². The number of nitrogens with one attached hydrogen (secondary N) is 4. The van der Waals surface area contributed by atoms with Gasteiger partial charge in [-0.1, -0.05) is 12.8 Å².